The molecule has 1 aliphatic heterocycles. The summed E-state index contributed by atoms with van der Waals surface area (Å²) in [6, 6.07) is 5.89. The van der Waals surface area contributed by atoms with Crippen LogP contribution in [0.3, 0.4) is 0 Å². The molecule has 0 radical (unpaired) electrons. The molecule has 9 nitrogen and oxygen atoms in total. The van der Waals surface area contributed by atoms with Gasteiger partial charge in [-0.05, 0) is 31.2 Å². The van der Waals surface area contributed by atoms with Gasteiger partial charge in [0, 0.05) is 42.6 Å². The first kappa shape index (κ1) is 21.9. The second kappa shape index (κ2) is 7.86. The van der Waals surface area contributed by atoms with Gasteiger partial charge in [0.2, 0.25) is 5.95 Å². The van der Waals surface area contributed by atoms with Crippen molar-refractivity contribution < 1.29 is 15.0 Å². The van der Waals surface area contributed by atoms with E-state index >= 15 is 0 Å². The highest BCUT2D eigenvalue weighted by Gasteiger charge is 2.55. The number of aliphatic hydroxyl groups excluding tert-OH is 1. The third-order valence-corrected chi connectivity index (χ3v) is 6.91. The maximum Gasteiger partial charge on any atom is 0.356 e. The maximum atomic E-state index is 13.2. The Bertz CT molecular complexity index is 1350. The third-order valence-electron chi connectivity index (χ3n) is 6.49. The minimum absolute atomic E-state index is 0.0717. The summed E-state index contributed by atoms with van der Waals surface area (Å²) in [4.78, 5) is 35.6. The van der Waals surface area contributed by atoms with Gasteiger partial charge in [0.25, 0.3) is 5.56 Å². The van der Waals surface area contributed by atoms with Crippen LogP contribution in [0, 0.1) is 11.8 Å². The van der Waals surface area contributed by atoms with E-state index in [1.54, 1.807) is 25.2 Å². The Morgan fingerprint density at radius 1 is 1.21 bits per heavy atom. The van der Waals surface area contributed by atoms with Gasteiger partial charge in [-0.2, -0.15) is 0 Å². The number of hydrogen-bond donors (Lipinski definition) is 3. The molecule has 3 heterocycles. The molecule has 2 aliphatic rings. The van der Waals surface area contributed by atoms with Crippen LogP contribution in [0.4, 0.5) is 11.6 Å². The number of nitrogens with zero attached hydrogens (tertiary/aromatic N) is 4. The minimum Gasteiger partial charge on any atom is -0.476 e. The summed E-state index contributed by atoms with van der Waals surface area (Å²) >= 11 is 12.2. The lowest BCUT2D eigenvalue weighted by Gasteiger charge is -2.24. The fraction of sp³-hybridized carbons (Fsp3) is 0.364. The van der Waals surface area contributed by atoms with E-state index in [4.69, 9.17) is 28.2 Å². The van der Waals surface area contributed by atoms with Gasteiger partial charge in [-0.25, -0.2) is 14.8 Å². The molecule has 1 aromatic carbocycles. The lowest BCUT2D eigenvalue weighted by molar-refractivity contribution is 0.0691. The molecule has 3 aromatic rings. The zero-order chi connectivity index (χ0) is 23.6. The Hall–Kier alpha value is -2.88. The number of fused-ring (bicyclic) bond motifs is 2. The number of aliphatic hydroxyl groups is 1. The summed E-state index contributed by atoms with van der Waals surface area (Å²) in [5, 5.41) is 23.3. The number of hydrogen-bond acceptors (Lipinski definition) is 7. The van der Waals surface area contributed by atoms with Gasteiger partial charge < -0.3 is 20.4 Å². The average molecular weight is 490 g/mol. The van der Waals surface area contributed by atoms with E-state index in [9.17, 15) is 19.8 Å². The minimum atomic E-state index is -1.22. The van der Waals surface area contributed by atoms with Gasteiger partial charge in [-0.1, -0.05) is 23.2 Å². The summed E-state index contributed by atoms with van der Waals surface area (Å²) in [6.45, 7) is 3.12. The van der Waals surface area contributed by atoms with Crippen LogP contribution < -0.4 is 15.8 Å². The normalized spacial score (nSPS) is 22.3. The van der Waals surface area contributed by atoms with Crippen molar-refractivity contribution in [3.05, 3.63) is 56.1 Å². The van der Waals surface area contributed by atoms with Gasteiger partial charge in [0.1, 0.15) is 5.15 Å². The zero-order valence-corrected chi connectivity index (χ0v) is 19.3. The number of carboxylic acids is 1. The number of carboxylic acid groups (broad SMARTS) is 1. The molecule has 3 N–H and O–H groups in total. The number of benzene rings is 1. The summed E-state index contributed by atoms with van der Waals surface area (Å²) in [7, 11) is 1.67. The topological polar surface area (TPSA) is 121 Å². The summed E-state index contributed by atoms with van der Waals surface area (Å²) in [6.07, 6.45) is -0.270. The molecule has 0 bridgehead atoms. The molecule has 0 amide bonds. The van der Waals surface area contributed by atoms with Gasteiger partial charge in [-0.3, -0.25) is 9.36 Å². The first-order valence-corrected chi connectivity index (χ1v) is 11.2. The number of piperidine rings is 1. The molecule has 2 aromatic heterocycles. The molecule has 1 saturated heterocycles. The monoisotopic (exact) mass is 489 g/mol. The van der Waals surface area contributed by atoms with Crippen molar-refractivity contribution in [2.24, 2.45) is 18.9 Å². The fourth-order valence-corrected chi connectivity index (χ4v) is 5.03. The molecule has 172 valence electrons. The molecule has 33 heavy (non-hydrogen) atoms. The van der Waals surface area contributed by atoms with Crippen LogP contribution in [0.15, 0.2) is 29.1 Å². The Kier molecular flexibility index (Phi) is 5.23. The standard InChI is InChI=1S/C22H21Cl2N5O4/c1-9(25-15-3-4-16(24)26-18(15)21(32)33)11-5-10(23)6-12-17(11)27-22(28(2)20(12)31)29-7-13-14(8-29)19(13)30/h3-6,9,13-14,19,25,30H,7-8H2,1-2H3,(H,32,33)/t9-,13+,14+/m0/s1. The molecular formula is C22H21Cl2N5O4. The smallest absolute Gasteiger partial charge is 0.356 e. The van der Waals surface area contributed by atoms with Crippen LogP contribution >= 0.6 is 23.2 Å². The van der Waals surface area contributed by atoms with Crippen LogP contribution in [0.1, 0.15) is 29.0 Å². The van der Waals surface area contributed by atoms with Crippen molar-refractivity contribution in [1.29, 1.82) is 0 Å². The molecule has 0 unspecified atom stereocenters. The first-order valence-electron chi connectivity index (χ1n) is 10.4. The van der Waals surface area contributed by atoms with Crippen molar-refractivity contribution >= 4 is 51.7 Å². The van der Waals surface area contributed by atoms with Crippen molar-refractivity contribution in [3.8, 4) is 0 Å². The van der Waals surface area contributed by atoms with E-state index in [0.717, 1.165) is 0 Å². The predicted molar refractivity (Wildman–Crippen MR) is 125 cm³/mol. The molecule has 0 spiro atoms. The number of aromatic nitrogens is 3. The van der Waals surface area contributed by atoms with Crippen LogP contribution in [-0.2, 0) is 7.05 Å². The summed E-state index contributed by atoms with van der Waals surface area (Å²) in [5.41, 5.74) is 0.973. The SMILES string of the molecule is C[C@H](Nc1ccc(Cl)nc1C(=O)O)c1cc(Cl)cc2c(=O)n(C)c(N3C[C@H]4C(O)[C@@H]4C3)nc12. The van der Waals surface area contributed by atoms with Crippen LogP contribution in [0.5, 0.6) is 0 Å². The molecule has 11 heteroatoms. The summed E-state index contributed by atoms with van der Waals surface area (Å²) < 4.78 is 1.50. The molecule has 1 saturated carbocycles. The maximum absolute atomic E-state index is 13.2. The van der Waals surface area contributed by atoms with E-state index in [0.29, 0.717) is 40.5 Å². The lowest BCUT2D eigenvalue weighted by Crippen LogP contribution is -2.33. The van der Waals surface area contributed by atoms with Crippen LogP contribution in [-0.4, -0.2) is 49.9 Å². The quantitative estimate of drug-likeness (QED) is 0.467. The predicted octanol–water partition coefficient (Wildman–Crippen LogP) is 2.93. The van der Waals surface area contributed by atoms with Gasteiger partial charge in [0.05, 0.1) is 28.7 Å². The van der Waals surface area contributed by atoms with E-state index < -0.39 is 12.0 Å². The molecule has 3 atom stereocenters. The molecule has 2 fully saturated rings. The number of rotatable bonds is 5. The number of halogens is 2. The van der Waals surface area contributed by atoms with E-state index in [1.807, 2.05) is 11.8 Å². The van der Waals surface area contributed by atoms with Crippen LogP contribution in [0.25, 0.3) is 10.9 Å². The van der Waals surface area contributed by atoms with E-state index in [2.05, 4.69) is 10.3 Å². The van der Waals surface area contributed by atoms with Crippen molar-refractivity contribution in [1.82, 2.24) is 14.5 Å². The van der Waals surface area contributed by atoms with Crippen molar-refractivity contribution in [2.75, 3.05) is 23.3 Å². The second-order valence-electron chi connectivity index (χ2n) is 8.59. The fourth-order valence-electron chi connectivity index (χ4n) is 4.65. The highest BCUT2D eigenvalue weighted by Crippen LogP contribution is 2.46. The van der Waals surface area contributed by atoms with Gasteiger partial charge in [0.15, 0.2) is 5.69 Å². The Morgan fingerprint density at radius 3 is 2.58 bits per heavy atom. The number of nitrogens with one attached hydrogen (secondary N) is 1. The van der Waals surface area contributed by atoms with Crippen molar-refractivity contribution in [2.45, 2.75) is 19.1 Å². The lowest BCUT2D eigenvalue weighted by atomic mass is 10.0. The largest absolute Gasteiger partial charge is 0.476 e. The van der Waals surface area contributed by atoms with E-state index in [1.165, 1.54) is 10.6 Å². The van der Waals surface area contributed by atoms with Gasteiger partial charge >= 0.3 is 5.97 Å². The second-order valence-corrected chi connectivity index (χ2v) is 9.42. The molecule has 1 aliphatic carbocycles. The molecule has 5 rings (SSSR count). The number of aromatic carboxylic acids is 1. The van der Waals surface area contributed by atoms with Gasteiger partial charge in [-0.15, -0.1) is 0 Å². The third kappa shape index (κ3) is 3.70. The van der Waals surface area contributed by atoms with Crippen molar-refractivity contribution in [3.63, 3.8) is 0 Å². The van der Waals surface area contributed by atoms with Crippen LogP contribution in [0.2, 0.25) is 10.2 Å². The highest BCUT2D eigenvalue weighted by atomic mass is 35.5. The number of pyridine rings is 1. The number of carbonyl (C=O) groups is 1. The number of anilines is 2. The van der Waals surface area contributed by atoms with E-state index in [-0.39, 0.29) is 40.0 Å². The Balaban J connectivity index is 1.58. The average Bonchev–Trinajstić information content (AvgIpc) is 3.17. The highest BCUT2D eigenvalue weighted by molar-refractivity contribution is 6.31. The Labute approximate surface area is 198 Å². The summed E-state index contributed by atoms with van der Waals surface area (Å²) in [5.74, 6) is -0.251. The Morgan fingerprint density at radius 2 is 1.91 bits per heavy atom. The first-order chi connectivity index (χ1) is 15.7. The molecular weight excluding hydrogens is 469 g/mol. The zero-order valence-electron chi connectivity index (χ0n) is 17.8.